The summed E-state index contributed by atoms with van der Waals surface area (Å²) in [5.41, 5.74) is 4.65. The average molecular weight is 462 g/mol. The maximum Gasteiger partial charge on any atom is 0.266 e. The molecule has 1 N–H and O–H groups in total. The fourth-order valence-corrected chi connectivity index (χ4v) is 4.62. The molecule has 2 aliphatic rings. The van der Waals surface area contributed by atoms with Crippen LogP contribution >= 0.6 is 11.6 Å². The van der Waals surface area contributed by atoms with Gasteiger partial charge in [-0.3, -0.25) is 9.36 Å². The van der Waals surface area contributed by atoms with Crippen LogP contribution in [0.1, 0.15) is 26.2 Å². The summed E-state index contributed by atoms with van der Waals surface area (Å²) < 4.78 is 7.67. The number of furan rings is 1. The summed E-state index contributed by atoms with van der Waals surface area (Å²) in [6.07, 6.45) is 11.4. The van der Waals surface area contributed by atoms with Crippen LogP contribution in [0.15, 0.2) is 81.3 Å². The number of benzene rings is 1. The predicted octanol–water partition coefficient (Wildman–Crippen LogP) is 5.68. The van der Waals surface area contributed by atoms with Gasteiger partial charge >= 0.3 is 0 Å². The molecular weight excluding hydrogens is 434 g/mol. The second-order valence-electron chi connectivity index (χ2n) is 8.69. The minimum Gasteiger partial charge on any atom is -0.456 e. The molecule has 0 amide bonds. The van der Waals surface area contributed by atoms with Crippen LogP contribution in [0.4, 0.5) is 0 Å². The number of fused-ring (bicyclic) bond motifs is 1. The lowest BCUT2D eigenvalue weighted by atomic mass is 10.1. The quantitative estimate of drug-likeness (QED) is 0.513. The zero-order valence-electron chi connectivity index (χ0n) is 18.8. The summed E-state index contributed by atoms with van der Waals surface area (Å²) in [6.45, 7) is 6.52. The number of pyridine rings is 1. The summed E-state index contributed by atoms with van der Waals surface area (Å²) in [5, 5.41) is 4.81. The molecule has 0 saturated carbocycles. The summed E-state index contributed by atoms with van der Waals surface area (Å²) in [4.78, 5) is 15.8. The fraction of sp³-hybridized carbons (Fsp3) is 0.296. The summed E-state index contributed by atoms with van der Waals surface area (Å²) in [7, 11) is 0. The second-order valence-corrected chi connectivity index (χ2v) is 9.13. The Labute approximate surface area is 198 Å². The van der Waals surface area contributed by atoms with E-state index in [4.69, 9.17) is 16.0 Å². The van der Waals surface area contributed by atoms with Gasteiger partial charge < -0.3 is 14.6 Å². The maximum atomic E-state index is 13.3. The Morgan fingerprint density at radius 2 is 1.88 bits per heavy atom. The molecule has 1 aromatic carbocycles. The van der Waals surface area contributed by atoms with Gasteiger partial charge in [-0.25, -0.2) is 0 Å². The van der Waals surface area contributed by atoms with Crippen molar-refractivity contribution in [2.24, 2.45) is 0 Å². The molecule has 1 aliphatic carbocycles. The highest BCUT2D eigenvalue weighted by Gasteiger charge is 2.14. The molecule has 2 aromatic heterocycles. The largest absolute Gasteiger partial charge is 0.456 e. The van der Waals surface area contributed by atoms with E-state index in [1.54, 1.807) is 10.8 Å². The first-order valence-corrected chi connectivity index (χ1v) is 11.9. The van der Waals surface area contributed by atoms with Gasteiger partial charge in [-0.2, -0.15) is 0 Å². The van der Waals surface area contributed by atoms with Crippen molar-refractivity contribution < 1.29 is 4.42 Å². The van der Waals surface area contributed by atoms with Gasteiger partial charge in [0.25, 0.3) is 5.56 Å². The average Bonchev–Trinajstić information content (AvgIpc) is 3.45. The SMILES string of the molecule is CC1=CCC(n2ccc3oc(-c4ccc(Cl)cc4)cc3c2=O)=CC=C1NCCN1CCCC1. The molecule has 5 nitrogen and oxygen atoms in total. The summed E-state index contributed by atoms with van der Waals surface area (Å²) in [6, 6.07) is 11.1. The number of likely N-dealkylation sites (tertiary alicyclic amines) is 1. The van der Waals surface area contributed by atoms with Gasteiger partial charge in [-0.1, -0.05) is 17.7 Å². The number of allylic oxidation sites excluding steroid dienone is 5. The Balaban J connectivity index is 1.39. The van der Waals surface area contributed by atoms with Crippen LogP contribution in [0.25, 0.3) is 28.0 Å². The van der Waals surface area contributed by atoms with Gasteiger partial charge in [0.1, 0.15) is 11.3 Å². The molecule has 170 valence electrons. The third-order valence-electron chi connectivity index (χ3n) is 6.45. The number of hydrogen-bond acceptors (Lipinski definition) is 4. The molecule has 1 saturated heterocycles. The van der Waals surface area contributed by atoms with E-state index < -0.39 is 0 Å². The van der Waals surface area contributed by atoms with Crippen LogP contribution in [0.5, 0.6) is 0 Å². The Kier molecular flexibility index (Phi) is 6.25. The first kappa shape index (κ1) is 21.8. The molecule has 33 heavy (non-hydrogen) atoms. The lowest BCUT2D eigenvalue weighted by Crippen LogP contribution is -2.29. The minimum atomic E-state index is -0.0763. The van der Waals surface area contributed by atoms with Crippen LogP contribution in [-0.4, -0.2) is 35.6 Å². The third kappa shape index (κ3) is 4.70. The van der Waals surface area contributed by atoms with Crippen LogP contribution in [-0.2, 0) is 0 Å². The van der Waals surface area contributed by atoms with Crippen molar-refractivity contribution in [3.63, 3.8) is 0 Å². The van der Waals surface area contributed by atoms with Gasteiger partial charge in [0.05, 0.1) is 5.39 Å². The topological polar surface area (TPSA) is 50.4 Å². The van der Waals surface area contributed by atoms with E-state index >= 15 is 0 Å². The minimum absolute atomic E-state index is 0.0763. The van der Waals surface area contributed by atoms with Gasteiger partial charge in [-0.05, 0) is 87.0 Å². The van der Waals surface area contributed by atoms with Gasteiger partial charge in [0.2, 0.25) is 0 Å². The third-order valence-corrected chi connectivity index (χ3v) is 6.70. The molecular formula is C27H28ClN3O2. The van der Waals surface area contributed by atoms with Crippen molar-refractivity contribution in [2.75, 3.05) is 26.2 Å². The number of nitrogens with zero attached hydrogens (tertiary/aromatic N) is 2. The fourth-order valence-electron chi connectivity index (χ4n) is 4.50. The van der Waals surface area contributed by atoms with Gasteiger partial charge in [-0.15, -0.1) is 0 Å². The van der Waals surface area contributed by atoms with E-state index in [0.717, 1.165) is 30.0 Å². The normalized spacial score (nSPS) is 17.0. The lowest BCUT2D eigenvalue weighted by molar-refractivity contribution is 0.341. The van der Waals surface area contributed by atoms with Crippen molar-refractivity contribution in [3.8, 4) is 11.3 Å². The molecule has 0 atom stereocenters. The molecule has 5 rings (SSSR count). The summed E-state index contributed by atoms with van der Waals surface area (Å²) in [5.74, 6) is 0.659. The molecule has 6 heteroatoms. The first-order valence-electron chi connectivity index (χ1n) is 11.5. The predicted molar refractivity (Wildman–Crippen MR) is 135 cm³/mol. The van der Waals surface area contributed by atoms with Crippen LogP contribution in [0.2, 0.25) is 5.02 Å². The van der Waals surface area contributed by atoms with E-state index in [-0.39, 0.29) is 5.56 Å². The first-order chi connectivity index (χ1) is 16.1. The molecule has 0 radical (unpaired) electrons. The summed E-state index contributed by atoms with van der Waals surface area (Å²) >= 11 is 6.00. The zero-order chi connectivity index (χ0) is 22.8. The second kappa shape index (κ2) is 9.46. The van der Waals surface area contributed by atoms with E-state index in [9.17, 15) is 4.79 Å². The number of aromatic nitrogens is 1. The van der Waals surface area contributed by atoms with E-state index in [1.807, 2.05) is 42.5 Å². The molecule has 3 heterocycles. The van der Waals surface area contributed by atoms with Crippen LogP contribution in [0, 0.1) is 0 Å². The molecule has 0 bridgehead atoms. The van der Waals surface area contributed by atoms with Crippen molar-refractivity contribution in [1.29, 1.82) is 0 Å². The highest BCUT2D eigenvalue weighted by Crippen LogP contribution is 2.28. The van der Waals surface area contributed by atoms with Gasteiger partial charge in [0, 0.05) is 47.7 Å². The van der Waals surface area contributed by atoms with Gasteiger partial charge in [0.15, 0.2) is 0 Å². The Morgan fingerprint density at radius 3 is 2.67 bits per heavy atom. The van der Waals surface area contributed by atoms with E-state index in [1.165, 1.54) is 31.5 Å². The maximum absolute atomic E-state index is 13.3. The molecule has 0 spiro atoms. The molecule has 3 aromatic rings. The zero-order valence-corrected chi connectivity index (χ0v) is 19.6. The van der Waals surface area contributed by atoms with Crippen LogP contribution < -0.4 is 10.9 Å². The van der Waals surface area contributed by atoms with Crippen molar-refractivity contribution in [3.05, 3.63) is 87.5 Å². The Hall–Kier alpha value is -3.02. The van der Waals surface area contributed by atoms with Crippen molar-refractivity contribution in [1.82, 2.24) is 14.8 Å². The van der Waals surface area contributed by atoms with E-state index in [0.29, 0.717) is 28.2 Å². The Bertz CT molecular complexity index is 1310. The number of rotatable bonds is 6. The number of nitrogens with one attached hydrogen (secondary N) is 1. The highest BCUT2D eigenvalue weighted by atomic mass is 35.5. The smallest absolute Gasteiger partial charge is 0.266 e. The monoisotopic (exact) mass is 461 g/mol. The van der Waals surface area contributed by atoms with E-state index in [2.05, 4.69) is 29.3 Å². The lowest BCUT2D eigenvalue weighted by Gasteiger charge is -2.16. The number of hydrogen-bond donors (Lipinski definition) is 1. The Morgan fingerprint density at radius 1 is 1.09 bits per heavy atom. The molecule has 0 unspecified atom stereocenters. The molecule has 1 aliphatic heterocycles. The van der Waals surface area contributed by atoms with Crippen molar-refractivity contribution >= 4 is 28.3 Å². The standard InChI is InChI=1S/C27H28ClN3O2/c1-19-4-9-22(10-11-24(19)29-13-17-30-14-2-3-15-30)31-16-12-25-23(27(31)32)18-26(33-25)20-5-7-21(28)8-6-20/h4-8,10-12,16,18,29H,2-3,9,13-15,17H2,1H3. The highest BCUT2D eigenvalue weighted by molar-refractivity contribution is 6.30. The van der Waals surface area contributed by atoms with Crippen molar-refractivity contribution in [2.45, 2.75) is 26.2 Å². The van der Waals surface area contributed by atoms with Crippen LogP contribution in [0.3, 0.4) is 0 Å². The molecule has 1 fully saturated rings. The number of halogens is 1.